The van der Waals surface area contributed by atoms with Crippen LogP contribution in [-0.4, -0.2) is 36.6 Å². The third-order valence-electron chi connectivity index (χ3n) is 3.46. The van der Waals surface area contributed by atoms with Gasteiger partial charge in [0.15, 0.2) is 5.75 Å². The van der Waals surface area contributed by atoms with E-state index in [2.05, 4.69) is 4.74 Å². The Morgan fingerprint density at radius 1 is 1.23 bits per heavy atom. The molecule has 0 aromatic heterocycles. The van der Waals surface area contributed by atoms with Crippen LogP contribution in [0, 0.1) is 22.9 Å². The van der Waals surface area contributed by atoms with Gasteiger partial charge in [-0.3, -0.25) is 10.1 Å². The first-order valence-electron chi connectivity index (χ1n) is 6.84. The smallest absolute Gasteiger partial charge is 0.339 e. The second kappa shape index (κ2) is 6.59. The first-order chi connectivity index (χ1) is 12.0. The predicted molar refractivity (Wildman–Crippen MR) is 84.4 cm³/mol. The van der Waals surface area contributed by atoms with E-state index in [1.807, 2.05) is 0 Å². The Labute approximate surface area is 146 Å². The number of carbonyl (C=O) groups excluding carboxylic acids is 1. The normalized spacial score (nSPS) is 11.2. The van der Waals surface area contributed by atoms with Crippen molar-refractivity contribution in [2.75, 3.05) is 7.11 Å². The number of aryl methyl sites for hydroxylation is 1. The zero-order valence-corrected chi connectivity index (χ0v) is 14.2. The number of halogens is 1. The molecule has 0 amide bonds. The minimum absolute atomic E-state index is 0.152. The van der Waals surface area contributed by atoms with Crippen LogP contribution in [0.2, 0.25) is 0 Å². The number of benzene rings is 2. The molecule has 0 fully saturated rings. The number of esters is 1. The van der Waals surface area contributed by atoms with Gasteiger partial charge in [0.05, 0.1) is 27.4 Å². The van der Waals surface area contributed by atoms with Crippen LogP contribution in [-0.2, 0) is 14.6 Å². The number of nitrogens with zero attached hydrogens (tertiary/aromatic N) is 1. The van der Waals surface area contributed by atoms with Crippen LogP contribution in [0.15, 0.2) is 34.1 Å². The highest BCUT2D eigenvalue weighted by Crippen LogP contribution is 2.40. The maximum atomic E-state index is 13.6. The van der Waals surface area contributed by atoms with Crippen molar-refractivity contribution in [3.63, 3.8) is 0 Å². The molecule has 0 atom stereocenters. The summed E-state index contributed by atoms with van der Waals surface area (Å²) >= 11 is 0. The van der Waals surface area contributed by atoms with Crippen molar-refractivity contribution in [3.8, 4) is 11.5 Å². The molecular formula is C15H12FNO8S. The van der Waals surface area contributed by atoms with Gasteiger partial charge in [0.1, 0.15) is 5.82 Å². The highest BCUT2D eigenvalue weighted by Gasteiger charge is 2.31. The summed E-state index contributed by atoms with van der Waals surface area (Å²) in [5.74, 6) is -4.18. The lowest BCUT2D eigenvalue weighted by atomic mass is 10.1. The third-order valence-corrected chi connectivity index (χ3v) is 5.40. The molecule has 0 saturated carbocycles. The maximum absolute atomic E-state index is 13.6. The number of aromatic hydroxyl groups is 2. The average Bonchev–Trinajstić information content (AvgIpc) is 2.54. The van der Waals surface area contributed by atoms with E-state index >= 15 is 0 Å². The van der Waals surface area contributed by atoms with Gasteiger partial charge in [-0.25, -0.2) is 17.6 Å². The first kappa shape index (κ1) is 19.1. The number of carbonyl (C=O) groups is 1. The van der Waals surface area contributed by atoms with Gasteiger partial charge in [-0.2, -0.15) is 0 Å². The van der Waals surface area contributed by atoms with Crippen molar-refractivity contribution in [3.05, 3.63) is 51.3 Å². The van der Waals surface area contributed by atoms with Crippen LogP contribution in [0.25, 0.3) is 0 Å². The fourth-order valence-electron chi connectivity index (χ4n) is 2.34. The van der Waals surface area contributed by atoms with Gasteiger partial charge in [-0.15, -0.1) is 0 Å². The lowest BCUT2D eigenvalue weighted by Gasteiger charge is -2.13. The maximum Gasteiger partial charge on any atom is 0.339 e. The molecule has 2 aromatic rings. The van der Waals surface area contributed by atoms with Gasteiger partial charge < -0.3 is 14.9 Å². The van der Waals surface area contributed by atoms with Gasteiger partial charge in [0.2, 0.25) is 15.6 Å². The van der Waals surface area contributed by atoms with Crippen LogP contribution >= 0.6 is 0 Å². The van der Waals surface area contributed by atoms with E-state index < -0.39 is 59.1 Å². The van der Waals surface area contributed by atoms with E-state index in [0.717, 1.165) is 13.2 Å². The predicted octanol–water partition coefficient (Wildman–Crippen LogP) is 2.07. The second-order valence-corrected chi connectivity index (χ2v) is 7.05. The van der Waals surface area contributed by atoms with Crippen LogP contribution in [0.4, 0.5) is 10.1 Å². The minimum atomic E-state index is -4.61. The molecule has 0 aliphatic rings. The third kappa shape index (κ3) is 3.16. The van der Waals surface area contributed by atoms with Crippen molar-refractivity contribution < 1.29 is 37.5 Å². The summed E-state index contributed by atoms with van der Waals surface area (Å²) in [6.45, 7) is 1.22. The molecule has 2 rings (SSSR count). The fourth-order valence-corrected chi connectivity index (χ4v) is 4.02. The standard InChI is InChI=1S/C15H12FNO8S/c1-7-3-8(16)4-10(15(20)25-2)14(7)26(23,24)9-5-11(17(21)22)13(19)12(18)6-9/h3-6,18-19H,1-2H3. The van der Waals surface area contributed by atoms with E-state index in [4.69, 9.17) is 0 Å². The summed E-state index contributed by atoms with van der Waals surface area (Å²) in [6, 6.07) is 2.62. The summed E-state index contributed by atoms with van der Waals surface area (Å²) in [4.78, 5) is 20.3. The minimum Gasteiger partial charge on any atom is -0.504 e. The van der Waals surface area contributed by atoms with Crippen LogP contribution in [0.1, 0.15) is 15.9 Å². The summed E-state index contributed by atoms with van der Waals surface area (Å²) in [7, 11) is -3.64. The zero-order chi connectivity index (χ0) is 19.8. The molecule has 0 aliphatic carbocycles. The highest BCUT2D eigenvalue weighted by atomic mass is 32.2. The Kier molecular flexibility index (Phi) is 4.85. The molecule has 2 aromatic carbocycles. The molecule has 138 valence electrons. The highest BCUT2D eigenvalue weighted by molar-refractivity contribution is 7.91. The summed E-state index contributed by atoms with van der Waals surface area (Å²) in [5, 5.41) is 30.0. The molecule has 0 aliphatic heterocycles. The summed E-state index contributed by atoms with van der Waals surface area (Å²) < 4.78 is 43.9. The van der Waals surface area contributed by atoms with E-state index in [-0.39, 0.29) is 5.56 Å². The SMILES string of the molecule is COC(=O)c1cc(F)cc(C)c1S(=O)(=O)c1cc(O)c(O)c([N+](=O)[O-])c1. The van der Waals surface area contributed by atoms with Crippen LogP contribution < -0.4 is 0 Å². The number of phenolic OH excluding ortho intramolecular Hbond substituents is 2. The Balaban J connectivity index is 2.85. The molecule has 0 unspecified atom stereocenters. The molecule has 0 bridgehead atoms. The fraction of sp³-hybridized carbons (Fsp3) is 0.133. The van der Waals surface area contributed by atoms with Gasteiger partial charge in [-0.1, -0.05) is 0 Å². The van der Waals surface area contributed by atoms with E-state index in [0.29, 0.717) is 18.2 Å². The monoisotopic (exact) mass is 385 g/mol. The van der Waals surface area contributed by atoms with Gasteiger partial charge in [0, 0.05) is 12.1 Å². The Morgan fingerprint density at radius 2 is 1.85 bits per heavy atom. The number of ether oxygens (including phenoxy) is 1. The van der Waals surface area contributed by atoms with Crippen molar-refractivity contribution in [2.24, 2.45) is 0 Å². The second-order valence-electron chi connectivity index (χ2n) is 5.16. The quantitative estimate of drug-likeness (QED) is 0.268. The van der Waals surface area contributed by atoms with E-state index in [1.165, 1.54) is 6.92 Å². The van der Waals surface area contributed by atoms with Crippen LogP contribution in [0.3, 0.4) is 0 Å². The molecule has 0 heterocycles. The Bertz CT molecular complexity index is 1030. The summed E-state index contributed by atoms with van der Waals surface area (Å²) in [6.07, 6.45) is 0. The number of nitro groups is 1. The van der Waals surface area contributed by atoms with E-state index in [1.54, 1.807) is 0 Å². The molecule has 0 radical (unpaired) electrons. The van der Waals surface area contributed by atoms with Crippen molar-refractivity contribution in [1.82, 2.24) is 0 Å². The number of rotatable bonds is 4. The molecule has 0 spiro atoms. The number of hydrogen-bond acceptors (Lipinski definition) is 8. The number of phenols is 2. The van der Waals surface area contributed by atoms with Crippen LogP contribution in [0.5, 0.6) is 11.5 Å². The number of nitro benzene ring substituents is 1. The average molecular weight is 385 g/mol. The molecule has 2 N–H and O–H groups in total. The zero-order valence-electron chi connectivity index (χ0n) is 13.4. The van der Waals surface area contributed by atoms with Crippen molar-refractivity contribution in [1.29, 1.82) is 0 Å². The van der Waals surface area contributed by atoms with Crippen molar-refractivity contribution >= 4 is 21.5 Å². The lowest BCUT2D eigenvalue weighted by Crippen LogP contribution is -2.14. The van der Waals surface area contributed by atoms with Gasteiger partial charge in [-0.05, 0) is 24.6 Å². The Hall–Kier alpha value is -3.21. The largest absolute Gasteiger partial charge is 0.504 e. The van der Waals surface area contributed by atoms with Gasteiger partial charge in [0.25, 0.3) is 0 Å². The topological polar surface area (TPSA) is 144 Å². The molecule has 9 nitrogen and oxygen atoms in total. The molecule has 26 heavy (non-hydrogen) atoms. The number of sulfone groups is 1. The van der Waals surface area contributed by atoms with Crippen molar-refractivity contribution in [2.45, 2.75) is 16.7 Å². The van der Waals surface area contributed by atoms with Gasteiger partial charge >= 0.3 is 11.7 Å². The lowest BCUT2D eigenvalue weighted by molar-refractivity contribution is -0.386. The van der Waals surface area contributed by atoms with E-state index in [9.17, 15) is 37.9 Å². The number of methoxy groups -OCH3 is 1. The molecule has 0 saturated heterocycles. The Morgan fingerprint density at radius 3 is 2.38 bits per heavy atom. The number of hydrogen-bond donors (Lipinski definition) is 2. The summed E-state index contributed by atoms with van der Waals surface area (Å²) in [5.41, 5.74) is -1.82. The first-order valence-corrected chi connectivity index (χ1v) is 8.33. The molecule has 11 heteroatoms. The molecular weight excluding hydrogens is 373 g/mol.